The van der Waals surface area contributed by atoms with Crippen molar-refractivity contribution in [1.82, 2.24) is 10.3 Å². The molecule has 0 bridgehead atoms. The molecular weight excluding hydrogens is 460 g/mol. The van der Waals surface area contributed by atoms with Crippen molar-refractivity contribution in [1.29, 1.82) is 0 Å². The number of carboxylic acid groups (broad SMARTS) is 1. The first-order valence-corrected chi connectivity index (χ1v) is 11.7. The third kappa shape index (κ3) is 4.34. The van der Waals surface area contributed by atoms with Gasteiger partial charge in [-0.3, -0.25) is 4.79 Å². The van der Waals surface area contributed by atoms with E-state index in [0.717, 1.165) is 34.0 Å². The summed E-state index contributed by atoms with van der Waals surface area (Å²) < 4.78 is 5.62. The van der Waals surface area contributed by atoms with Crippen molar-refractivity contribution >= 4 is 46.3 Å². The summed E-state index contributed by atoms with van der Waals surface area (Å²) in [7, 11) is 0. The van der Waals surface area contributed by atoms with E-state index in [1.165, 1.54) is 0 Å². The number of benzene rings is 3. The van der Waals surface area contributed by atoms with E-state index < -0.39 is 11.5 Å². The van der Waals surface area contributed by atoms with Crippen molar-refractivity contribution in [3.05, 3.63) is 82.9 Å². The first-order chi connectivity index (χ1) is 15.9. The van der Waals surface area contributed by atoms with Gasteiger partial charge in [0.15, 0.2) is 5.58 Å². The summed E-state index contributed by atoms with van der Waals surface area (Å²) in [6.07, 6.45) is 0.455. The lowest BCUT2D eigenvalue weighted by molar-refractivity contribution is -0.146. The van der Waals surface area contributed by atoms with Crippen LogP contribution in [-0.4, -0.2) is 33.3 Å². The van der Waals surface area contributed by atoms with Crippen LogP contribution in [-0.2, 0) is 22.4 Å². The van der Waals surface area contributed by atoms with Gasteiger partial charge < -0.3 is 14.8 Å². The van der Waals surface area contributed by atoms with Crippen molar-refractivity contribution in [2.45, 2.75) is 23.6 Å². The fraction of sp³-hybridized carbons (Fsp3) is 0.160. The summed E-state index contributed by atoms with van der Waals surface area (Å²) in [4.78, 5) is 29.3. The monoisotopic (exact) mass is 478 g/mol. The number of para-hydroxylation sites is 2. The Labute approximate surface area is 199 Å². The molecule has 0 saturated carbocycles. The maximum atomic E-state index is 12.7. The second kappa shape index (κ2) is 8.57. The van der Waals surface area contributed by atoms with E-state index in [1.54, 1.807) is 6.07 Å². The average Bonchev–Trinajstić information content (AvgIpc) is 3.39. The number of rotatable bonds is 6. The first-order valence-electron chi connectivity index (χ1n) is 10.3. The molecule has 0 spiro atoms. The van der Waals surface area contributed by atoms with Gasteiger partial charge in [0.25, 0.3) is 5.22 Å². The normalized spacial score (nSPS) is 17.1. The first kappa shape index (κ1) is 21.6. The summed E-state index contributed by atoms with van der Waals surface area (Å²) in [6, 6.07) is 20.7. The molecule has 1 atom stereocenters. The average molecular weight is 479 g/mol. The number of hydrogen-bond acceptors (Lipinski definition) is 5. The molecule has 3 aromatic carbocycles. The summed E-state index contributed by atoms with van der Waals surface area (Å²) in [5.41, 5.74) is 3.78. The van der Waals surface area contributed by atoms with E-state index in [0.29, 0.717) is 21.3 Å². The number of amides is 1. The fourth-order valence-corrected chi connectivity index (χ4v) is 4.90. The molecule has 166 valence electrons. The molecule has 33 heavy (non-hydrogen) atoms. The fourth-order valence-electron chi connectivity index (χ4n) is 4.13. The summed E-state index contributed by atoms with van der Waals surface area (Å²) in [5, 5.41) is 13.8. The van der Waals surface area contributed by atoms with Crippen molar-refractivity contribution in [3.8, 4) is 11.1 Å². The van der Waals surface area contributed by atoms with Crippen molar-refractivity contribution in [2.75, 3.05) is 5.75 Å². The van der Waals surface area contributed by atoms with E-state index in [1.807, 2.05) is 60.7 Å². The summed E-state index contributed by atoms with van der Waals surface area (Å²) >= 11 is 7.12. The molecule has 1 aliphatic rings. The number of carbonyl (C=O) groups excluding carboxylic acids is 1. The molecule has 1 unspecified atom stereocenters. The number of halogens is 1. The molecule has 0 radical (unpaired) electrons. The van der Waals surface area contributed by atoms with Gasteiger partial charge in [0.1, 0.15) is 11.1 Å². The van der Waals surface area contributed by atoms with Crippen LogP contribution in [0.25, 0.3) is 22.2 Å². The van der Waals surface area contributed by atoms with Crippen LogP contribution < -0.4 is 5.32 Å². The molecule has 6 nitrogen and oxygen atoms in total. The van der Waals surface area contributed by atoms with Gasteiger partial charge in [-0.1, -0.05) is 65.8 Å². The van der Waals surface area contributed by atoms with Crippen LogP contribution in [0.1, 0.15) is 11.1 Å². The standard InChI is InChI=1S/C25H19ClN2O4S/c26-19-9-7-15(8-10-19)16-5-6-17-12-25(23(30)31,13-18(17)11-16)28-22(29)14-33-24-27-20-3-1-2-4-21(20)32-24/h1-11H,12-14H2,(H,28,29)(H,30,31). The molecule has 5 rings (SSSR count). The molecule has 4 aromatic rings. The van der Waals surface area contributed by atoms with Gasteiger partial charge in [-0.05, 0) is 46.5 Å². The number of fused-ring (bicyclic) bond motifs is 2. The van der Waals surface area contributed by atoms with E-state index in [4.69, 9.17) is 16.0 Å². The highest BCUT2D eigenvalue weighted by Gasteiger charge is 2.45. The Kier molecular flexibility index (Phi) is 5.60. The van der Waals surface area contributed by atoms with Crippen LogP contribution >= 0.6 is 23.4 Å². The van der Waals surface area contributed by atoms with Crippen molar-refractivity contribution in [3.63, 3.8) is 0 Å². The number of nitrogens with one attached hydrogen (secondary N) is 1. The Morgan fingerprint density at radius 2 is 1.76 bits per heavy atom. The predicted molar refractivity (Wildman–Crippen MR) is 128 cm³/mol. The minimum atomic E-state index is -1.38. The highest BCUT2D eigenvalue weighted by atomic mass is 35.5. The minimum absolute atomic E-state index is 0.00816. The maximum Gasteiger partial charge on any atom is 0.330 e. The lowest BCUT2D eigenvalue weighted by atomic mass is 9.95. The lowest BCUT2D eigenvalue weighted by Crippen LogP contribution is -2.56. The molecule has 0 aliphatic heterocycles. The van der Waals surface area contributed by atoms with E-state index in [2.05, 4.69) is 10.3 Å². The minimum Gasteiger partial charge on any atom is -0.479 e. The van der Waals surface area contributed by atoms with Gasteiger partial charge in [-0.15, -0.1) is 0 Å². The Hall–Kier alpha value is -3.29. The Morgan fingerprint density at radius 1 is 1.03 bits per heavy atom. The zero-order valence-electron chi connectivity index (χ0n) is 17.4. The quantitative estimate of drug-likeness (QED) is 0.380. The van der Waals surface area contributed by atoms with Crippen molar-refractivity contribution < 1.29 is 19.1 Å². The molecule has 2 N–H and O–H groups in total. The topological polar surface area (TPSA) is 92.4 Å². The number of thioether (sulfide) groups is 1. The van der Waals surface area contributed by atoms with E-state index in [-0.39, 0.29) is 24.5 Å². The molecular formula is C25H19ClN2O4S. The molecule has 0 saturated heterocycles. The smallest absolute Gasteiger partial charge is 0.330 e. The van der Waals surface area contributed by atoms with Gasteiger partial charge in [-0.25, -0.2) is 9.78 Å². The number of nitrogens with zero attached hydrogens (tertiary/aromatic N) is 1. The van der Waals surface area contributed by atoms with Crippen LogP contribution in [0, 0.1) is 0 Å². The van der Waals surface area contributed by atoms with Crippen LogP contribution in [0.15, 0.2) is 76.4 Å². The highest BCUT2D eigenvalue weighted by molar-refractivity contribution is 7.99. The van der Waals surface area contributed by atoms with Gasteiger partial charge in [0.2, 0.25) is 5.91 Å². The molecule has 0 fully saturated rings. The molecule has 1 heterocycles. The number of hydrogen-bond donors (Lipinski definition) is 2. The van der Waals surface area contributed by atoms with Crippen LogP contribution in [0.2, 0.25) is 5.02 Å². The van der Waals surface area contributed by atoms with Crippen LogP contribution in [0.4, 0.5) is 0 Å². The van der Waals surface area contributed by atoms with Crippen molar-refractivity contribution in [2.24, 2.45) is 0 Å². The third-order valence-electron chi connectivity index (χ3n) is 5.76. The largest absolute Gasteiger partial charge is 0.479 e. The second-order valence-electron chi connectivity index (χ2n) is 8.02. The zero-order valence-corrected chi connectivity index (χ0v) is 18.9. The van der Waals surface area contributed by atoms with Gasteiger partial charge >= 0.3 is 5.97 Å². The summed E-state index contributed by atoms with van der Waals surface area (Å²) in [6.45, 7) is 0. The molecule has 1 amide bonds. The predicted octanol–water partition coefficient (Wildman–Crippen LogP) is 4.98. The number of oxazole rings is 1. The van der Waals surface area contributed by atoms with Gasteiger partial charge in [0, 0.05) is 17.9 Å². The van der Waals surface area contributed by atoms with Gasteiger partial charge in [-0.2, -0.15) is 0 Å². The second-order valence-corrected chi connectivity index (χ2v) is 9.38. The van der Waals surface area contributed by atoms with Crippen LogP contribution in [0.3, 0.4) is 0 Å². The SMILES string of the molecule is O=C(CSc1nc2ccccc2o1)NC1(C(=O)O)Cc2ccc(-c3ccc(Cl)cc3)cc2C1. The van der Waals surface area contributed by atoms with E-state index >= 15 is 0 Å². The van der Waals surface area contributed by atoms with Gasteiger partial charge in [0.05, 0.1) is 5.75 Å². The van der Waals surface area contributed by atoms with Crippen LogP contribution in [0.5, 0.6) is 0 Å². The Bertz CT molecular complexity index is 1340. The number of aromatic nitrogens is 1. The third-order valence-corrected chi connectivity index (χ3v) is 6.84. The molecule has 8 heteroatoms. The number of carboxylic acids is 1. The number of carbonyl (C=O) groups is 2. The maximum absolute atomic E-state index is 12.7. The lowest BCUT2D eigenvalue weighted by Gasteiger charge is -2.25. The number of aliphatic carboxylic acids is 1. The highest BCUT2D eigenvalue weighted by Crippen LogP contribution is 2.34. The van der Waals surface area contributed by atoms with E-state index in [9.17, 15) is 14.7 Å². The summed E-state index contributed by atoms with van der Waals surface area (Å²) in [5.74, 6) is -1.42. The Balaban J connectivity index is 1.30. The molecule has 1 aromatic heterocycles. The zero-order chi connectivity index (χ0) is 23.0. The molecule has 1 aliphatic carbocycles. The Morgan fingerprint density at radius 3 is 2.52 bits per heavy atom.